The van der Waals surface area contributed by atoms with Crippen molar-refractivity contribution in [1.29, 1.82) is 0 Å². The number of hydrogen-bond donors (Lipinski definition) is 0. The zero-order valence-electron chi connectivity index (χ0n) is 9.20. The van der Waals surface area contributed by atoms with Gasteiger partial charge in [0.2, 0.25) is 0 Å². The molecule has 1 rings (SSSR count). The first-order valence-electron chi connectivity index (χ1n) is 4.90. The van der Waals surface area contributed by atoms with E-state index in [1.165, 1.54) is 20.8 Å². The van der Waals surface area contributed by atoms with Crippen LogP contribution in [0.1, 0.15) is 27.7 Å². The lowest BCUT2D eigenvalue weighted by Crippen LogP contribution is -2.63. The van der Waals surface area contributed by atoms with Crippen LogP contribution in [0.25, 0.3) is 0 Å². The highest BCUT2D eigenvalue weighted by Crippen LogP contribution is 2.22. The molecule has 2 nitrogen and oxygen atoms in total. The lowest BCUT2D eigenvalue weighted by molar-refractivity contribution is 0.0686. The average molecular weight is 202 g/mol. The molecule has 72 valence electrons. The summed E-state index contributed by atoms with van der Waals surface area (Å²) < 4.78 is 5.29. The van der Waals surface area contributed by atoms with E-state index < -0.39 is 0 Å². The Morgan fingerprint density at radius 2 is 0.833 bits per heavy atom. The van der Waals surface area contributed by atoms with Crippen LogP contribution < -0.4 is 0 Å². The summed E-state index contributed by atoms with van der Waals surface area (Å²) in [4.78, 5) is 0. The summed E-state index contributed by atoms with van der Waals surface area (Å²) in [5.74, 6) is 0. The zero-order chi connectivity index (χ0) is 9.46. The van der Waals surface area contributed by atoms with Crippen molar-refractivity contribution >= 4 is 20.8 Å². The quantitative estimate of drug-likeness (QED) is 0.452. The minimum atomic E-state index is 0.764. The van der Waals surface area contributed by atoms with Gasteiger partial charge < -0.3 is 9.13 Å². The summed E-state index contributed by atoms with van der Waals surface area (Å²) in [7, 11) is 2.42. The molecule has 0 bridgehead atoms. The maximum atomic E-state index is 2.64. The van der Waals surface area contributed by atoms with Crippen LogP contribution in [0.5, 0.6) is 0 Å². The molecule has 4 atom stereocenters. The smallest absolute Gasteiger partial charge is 0.0792 e. The van der Waals surface area contributed by atoms with Crippen molar-refractivity contribution in [3.63, 3.8) is 0 Å². The molecule has 0 radical (unpaired) electrons. The molecule has 0 N–H and O–H groups in total. The Labute approximate surface area is 82.3 Å². The van der Waals surface area contributed by atoms with Gasteiger partial charge in [0, 0.05) is 24.2 Å². The molecule has 1 aliphatic rings. The first kappa shape index (κ1) is 10.4. The summed E-state index contributed by atoms with van der Waals surface area (Å²) in [5, 5.41) is 0. The van der Waals surface area contributed by atoms with Crippen LogP contribution in [0.3, 0.4) is 0 Å². The van der Waals surface area contributed by atoms with Gasteiger partial charge in [-0.3, -0.25) is 0 Å². The molecule has 1 heterocycles. The van der Waals surface area contributed by atoms with Crippen molar-refractivity contribution in [3.8, 4) is 0 Å². The third kappa shape index (κ3) is 1.53. The van der Waals surface area contributed by atoms with E-state index >= 15 is 0 Å². The second kappa shape index (κ2) is 3.61. The molecular formula is C8H22N2Si2. The monoisotopic (exact) mass is 202 g/mol. The molecular weight excluding hydrogens is 180 g/mol. The summed E-state index contributed by atoms with van der Waals surface area (Å²) in [6.07, 6.45) is 0. The third-order valence-corrected chi connectivity index (χ3v) is 7.22. The van der Waals surface area contributed by atoms with Crippen molar-refractivity contribution in [2.75, 3.05) is 0 Å². The highest BCUT2D eigenvalue weighted by atomic mass is 28.2. The minimum absolute atomic E-state index is 0.764. The third-order valence-electron chi connectivity index (χ3n) is 3.97. The molecule has 1 saturated heterocycles. The lowest BCUT2D eigenvalue weighted by Gasteiger charge is -2.51. The number of rotatable bonds is 0. The lowest BCUT2D eigenvalue weighted by atomic mass is 10.0. The van der Waals surface area contributed by atoms with Gasteiger partial charge in [-0.1, -0.05) is 0 Å². The van der Waals surface area contributed by atoms with Crippen LogP contribution in [-0.4, -0.2) is 54.1 Å². The van der Waals surface area contributed by atoms with Gasteiger partial charge in [0.1, 0.15) is 0 Å². The van der Waals surface area contributed by atoms with Crippen LogP contribution in [0.2, 0.25) is 0 Å². The maximum absolute atomic E-state index is 2.64. The van der Waals surface area contributed by atoms with Crippen LogP contribution in [0, 0.1) is 0 Å². The zero-order valence-corrected chi connectivity index (χ0v) is 13.2. The predicted octanol–water partition coefficient (Wildman–Crippen LogP) is -1.28. The Kier molecular flexibility index (Phi) is 3.14. The average Bonchev–Trinajstić information content (AvgIpc) is 2.08. The molecule has 1 aliphatic heterocycles. The predicted molar refractivity (Wildman–Crippen MR) is 61.4 cm³/mol. The van der Waals surface area contributed by atoms with Crippen LogP contribution in [-0.2, 0) is 0 Å². The molecule has 0 aromatic carbocycles. The molecule has 0 aliphatic carbocycles. The molecule has 0 unspecified atom stereocenters. The largest absolute Gasteiger partial charge is 0.324 e. The van der Waals surface area contributed by atoms with Crippen molar-refractivity contribution < 1.29 is 0 Å². The number of nitrogens with zero attached hydrogens (tertiary/aromatic N) is 2. The minimum Gasteiger partial charge on any atom is -0.324 e. The highest BCUT2D eigenvalue weighted by Gasteiger charge is 2.34. The van der Waals surface area contributed by atoms with E-state index in [0.29, 0.717) is 0 Å². The Hall–Kier alpha value is 0.354. The fraction of sp³-hybridized carbons (Fsp3) is 1.00. The number of piperazine rings is 1. The van der Waals surface area contributed by atoms with Gasteiger partial charge in [0.25, 0.3) is 0 Å². The van der Waals surface area contributed by atoms with Crippen molar-refractivity contribution in [2.24, 2.45) is 0 Å². The van der Waals surface area contributed by atoms with E-state index in [2.05, 4.69) is 36.8 Å². The Morgan fingerprint density at radius 3 is 1.00 bits per heavy atom. The van der Waals surface area contributed by atoms with E-state index in [-0.39, 0.29) is 0 Å². The van der Waals surface area contributed by atoms with E-state index in [1.807, 2.05) is 0 Å². The normalized spacial score (nSPS) is 47.0. The number of hydrogen-bond acceptors (Lipinski definition) is 2. The van der Waals surface area contributed by atoms with Gasteiger partial charge in [-0.15, -0.1) is 0 Å². The van der Waals surface area contributed by atoms with Crippen molar-refractivity contribution in [1.82, 2.24) is 9.13 Å². The Bertz CT molecular complexity index is 107. The standard InChI is InChI=1S/C8H22N2Si2/c1-5-6(2)10(12)8(4)7(3)9(5)11/h5-8H,1-4,11-12H3/t5-,6-,7-,8+/m1/s1. The first-order valence-corrected chi connectivity index (χ1v) is 6.69. The van der Waals surface area contributed by atoms with E-state index in [1.54, 1.807) is 0 Å². The second-order valence-electron chi connectivity index (χ2n) is 4.29. The van der Waals surface area contributed by atoms with Gasteiger partial charge >= 0.3 is 0 Å². The summed E-state index contributed by atoms with van der Waals surface area (Å²) in [5.41, 5.74) is 0. The molecule has 0 aromatic heterocycles. The van der Waals surface area contributed by atoms with Crippen molar-refractivity contribution in [2.45, 2.75) is 51.9 Å². The Morgan fingerprint density at radius 1 is 0.667 bits per heavy atom. The molecule has 0 aromatic rings. The van der Waals surface area contributed by atoms with Gasteiger partial charge in [-0.2, -0.15) is 0 Å². The molecule has 4 heteroatoms. The van der Waals surface area contributed by atoms with Gasteiger partial charge in [-0.25, -0.2) is 0 Å². The highest BCUT2D eigenvalue weighted by molar-refractivity contribution is 6.07. The van der Waals surface area contributed by atoms with E-state index in [0.717, 1.165) is 24.2 Å². The molecule has 12 heavy (non-hydrogen) atoms. The summed E-state index contributed by atoms with van der Waals surface area (Å²) in [6.45, 7) is 9.46. The fourth-order valence-corrected chi connectivity index (χ4v) is 3.83. The fourth-order valence-electron chi connectivity index (χ4n) is 2.10. The molecule has 0 amide bonds. The first-order chi connectivity index (χ1) is 5.46. The van der Waals surface area contributed by atoms with Gasteiger partial charge in [0.15, 0.2) is 0 Å². The van der Waals surface area contributed by atoms with Gasteiger partial charge in [0.05, 0.1) is 20.8 Å². The Balaban J connectivity index is 2.76. The van der Waals surface area contributed by atoms with E-state index in [4.69, 9.17) is 0 Å². The molecule has 0 saturated carbocycles. The molecule has 1 fully saturated rings. The van der Waals surface area contributed by atoms with Crippen LogP contribution >= 0.6 is 0 Å². The van der Waals surface area contributed by atoms with Crippen LogP contribution in [0.4, 0.5) is 0 Å². The summed E-state index contributed by atoms with van der Waals surface area (Å²) >= 11 is 0. The van der Waals surface area contributed by atoms with Crippen LogP contribution in [0.15, 0.2) is 0 Å². The van der Waals surface area contributed by atoms with Crippen molar-refractivity contribution in [3.05, 3.63) is 0 Å². The molecule has 0 spiro atoms. The van der Waals surface area contributed by atoms with Gasteiger partial charge in [-0.05, 0) is 27.7 Å². The summed E-state index contributed by atoms with van der Waals surface area (Å²) in [6, 6.07) is 3.06. The maximum Gasteiger partial charge on any atom is 0.0792 e. The second-order valence-corrected chi connectivity index (χ2v) is 6.36. The topological polar surface area (TPSA) is 6.48 Å². The van der Waals surface area contributed by atoms with E-state index in [9.17, 15) is 0 Å². The SMILES string of the molecule is C[C@@H]1[C@@H](C)N([SiH3])[C@@H](C)[C@@H](C)N1[SiH3].